The number of hydrogen-bond acceptors (Lipinski definition) is 3. The van der Waals surface area contributed by atoms with Gasteiger partial charge in [0, 0.05) is 13.2 Å². The van der Waals surface area contributed by atoms with E-state index in [9.17, 15) is 0 Å². The van der Waals surface area contributed by atoms with Gasteiger partial charge in [-0.3, -0.25) is 0 Å². The van der Waals surface area contributed by atoms with Crippen LogP contribution in [0.15, 0.2) is 0 Å². The van der Waals surface area contributed by atoms with E-state index in [1.54, 1.807) is 0 Å². The second-order valence-corrected chi connectivity index (χ2v) is 3.32. The van der Waals surface area contributed by atoms with E-state index in [4.69, 9.17) is 10.2 Å². The van der Waals surface area contributed by atoms with Crippen LogP contribution in [-0.4, -0.2) is 36.5 Å². The van der Waals surface area contributed by atoms with Gasteiger partial charge in [-0.2, -0.15) is 0 Å². The van der Waals surface area contributed by atoms with Crippen molar-refractivity contribution in [1.82, 2.24) is 5.32 Å². The average molecular weight is 189 g/mol. The van der Waals surface area contributed by atoms with E-state index in [0.29, 0.717) is 13.2 Å². The zero-order valence-electron chi connectivity index (χ0n) is 8.47. The van der Waals surface area contributed by atoms with Crippen LogP contribution in [0.3, 0.4) is 0 Å². The third-order valence-electron chi connectivity index (χ3n) is 2.02. The maximum absolute atomic E-state index is 8.52. The fourth-order valence-electron chi connectivity index (χ4n) is 1.20. The zero-order chi connectivity index (χ0) is 9.78. The van der Waals surface area contributed by atoms with Crippen LogP contribution in [0.2, 0.25) is 0 Å². The van der Waals surface area contributed by atoms with Crippen molar-refractivity contribution in [3.05, 3.63) is 0 Å². The molecule has 0 aliphatic carbocycles. The van der Waals surface area contributed by atoms with E-state index in [1.807, 2.05) is 0 Å². The Morgan fingerprint density at radius 3 is 1.46 bits per heavy atom. The highest BCUT2D eigenvalue weighted by molar-refractivity contribution is 4.49. The van der Waals surface area contributed by atoms with Crippen molar-refractivity contribution in [2.24, 2.45) is 0 Å². The summed E-state index contributed by atoms with van der Waals surface area (Å²) < 4.78 is 0. The van der Waals surface area contributed by atoms with Crippen molar-refractivity contribution in [2.75, 3.05) is 26.3 Å². The third kappa shape index (κ3) is 11.9. The second kappa shape index (κ2) is 11.9. The van der Waals surface area contributed by atoms with Crippen molar-refractivity contribution in [3.63, 3.8) is 0 Å². The zero-order valence-corrected chi connectivity index (χ0v) is 8.47. The number of hydrogen-bond donors (Lipinski definition) is 3. The third-order valence-corrected chi connectivity index (χ3v) is 2.02. The maximum atomic E-state index is 8.52. The highest BCUT2D eigenvalue weighted by Gasteiger charge is 1.89. The Balaban J connectivity index is 2.76. The molecule has 0 heterocycles. The molecule has 0 rings (SSSR count). The molecule has 0 saturated heterocycles. The van der Waals surface area contributed by atoms with Crippen LogP contribution in [0.25, 0.3) is 0 Å². The molecule has 0 atom stereocenters. The monoisotopic (exact) mass is 189 g/mol. The van der Waals surface area contributed by atoms with Crippen molar-refractivity contribution < 1.29 is 10.2 Å². The molecule has 0 aromatic carbocycles. The van der Waals surface area contributed by atoms with Gasteiger partial charge in [0.05, 0.1) is 0 Å². The van der Waals surface area contributed by atoms with Gasteiger partial charge in [0.2, 0.25) is 0 Å². The van der Waals surface area contributed by atoms with Crippen LogP contribution in [-0.2, 0) is 0 Å². The highest BCUT2D eigenvalue weighted by atomic mass is 16.3. The summed E-state index contributed by atoms with van der Waals surface area (Å²) in [7, 11) is 0. The molecule has 0 spiro atoms. The molecule has 0 unspecified atom stereocenters. The van der Waals surface area contributed by atoms with E-state index in [2.05, 4.69) is 5.32 Å². The summed E-state index contributed by atoms with van der Waals surface area (Å²) >= 11 is 0. The lowest BCUT2D eigenvalue weighted by Crippen LogP contribution is -2.16. The standard InChI is InChI=1S/C10H23NO2/c12-9-5-1-3-7-11-8-4-2-6-10-13/h11-13H,1-10H2. The van der Waals surface area contributed by atoms with Crippen LogP contribution in [0.1, 0.15) is 38.5 Å². The summed E-state index contributed by atoms with van der Waals surface area (Å²) in [6.45, 7) is 2.74. The summed E-state index contributed by atoms with van der Waals surface area (Å²) in [5, 5.41) is 20.4. The van der Waals surface area contributed by atoms with Gasteiger partial charge in [0.15, 0.2) is 0 Å². The fraction of sp³-hybridized carbons (Fsp3) is 1.00. The number of rotatable bonds is 10. The predicted octanol–water partition coefficient (Wildman–Crippen LogP) is 0.901. The summed E-state index contributed by atoms with van der Waals surface area (Å²) in [5.74, 6) is 0. The van der Waals surface area contributed by atoms with E-state index >= 15 is 0 Å². The lowest BCUT2D eigenvalue weighted by Gasteiger charge is -2.03. The smallest absolute Gasteiger partial charge is 0.0431 e. The quantitative estimate of drug-likeness (QED) is 0.448. The van der Waals surface area contributed by atoms with Crippen LogP contribution >= 0.6 is 0 Å². The normalized spacial score (nSPS) is 10.6. The molecule has 0 aliphatic rings. The van der Waals surface area contributed by atoms with E-state index in [-0.39, 0.29) is 0 Å². The Hall–Kier alpha value is -0.120. The van der Waals surface area contributed by atoms with E-state index in [1.165, 1.54) is 0 Å². The Labute approximate surface area is 81.2 Å². The molecule has 3 N–H and O–H groups in total. The molecule has 0 bridgehead atoms. The van der Waals surface area contributed by atoms with Gasteiger partial charge in [-0.1, -0.05) is 0 Å². The largest absolute Gasteiger partial charge is 0.396 e. The number of unbranched alkanes of at least 4 members (excludes halogenated alkanes) is 4. The average Bonchev–Trinajstić information content (AvgIpc) is 2.16. The van der Waals surface area contributed by atoms with Gasteiger partial charge in [0.25, 0.3) is 0 Å². The minimum atomic E-state index is 0.316. The molecule has 13 heavy (non-hydrogen) atoms. The molecule has 0 fully saturated rings. The molecule has 0 amide bonds. The van der Waals surface area contributed by atoms with Gasteiger partial charge < -0.3 is 15.5 Å². The Morgan fingerprint density at radius 2 is 1.08 bits per heavy atom. The number of nitrogens with one attached hydrogen (secondary N) is 1. The topological polar surface area (TPSA) is 52.5 Å². The van der Waals surface area contributed by atoms with E-state index in [0.717, 1.165) is 51.6 Å². The summed E-state index contributed by atoms with van der Waals surface area (Å²) in [4.78, 5) is 0. The molecule has 0 aromatic rings. The minimum Gasteiger partial charge on any atom is -0.396 e. The minimum absolute atomic E-state index is 0.316. The first kappa shape index (κ1) is 12.9. The Bertz CT molecular complexity index is 79.0. The first-order chi connectivity index (χ1) is 6.41. The van der Waals surface area contributed by atoms with Crippen molar-refractivity contribution in [1.29, 1.82) is 0 Å². The van der Waals surface area contributed by atoms with Gasteiger partial charge >= 0.3 is 0 Å². The Morgan fingerprint density at radius 1 is 0.615 bits per heavy atom. The van der Waals surface area contributed by atoms with Crippen LogP contribution < -0.4 is 5.32 Å². The van der Waals surface area contributed by atoms with Crippen molar-refractivity contribution in [2.45, 2.75) is 38.5 Å². The maximum Gasteiger partial charge on any atom is 0.0431 e. The summed E-state index contributed by atoms with van der Waals surface area (Å²) in [6, 6.07) is 0. The summed E-state index contributed by atoms with van der Waals surface area (Å²) in [5.41, 5.74) is 0. The van der Waals surface area contributed by atoms with Gasteiger partial charge in [-0.05, 0) is 51.6 Å². The second-order valence-electron chi connectivity index (χ2n) is 3.32. The molecule has 80 valence electrons. The number of aliphatic hydroxyl groups is 2. The molecule has 0 saturated carbocycles. The predicted molar refractivity (Wildman–Crippen MR) is 54.7 cm³/mol. The van der Waals surface area contributed by atoms with Gasteiger partial charge in [0.1, 0.15) is 0 Å². The Kier molecular flexibility index (Phi) is 11.8. The van der Waals surface area contributed by atoms with Crippen LogP contribution in [0.4, 0.5) is 0 Å². The molecular formula is C10H23NO2. The van der Waals surface area contributed by atoms with Gasteiger partial charge in [-0.25, -0.2) is 0 Å². The van der Waals surface area contributed by atoms with Crippen LogP contribution in [0.5, 0.6) is 0 Å². The molecule has 0 aromatic heterocycles. The fourth-order valence-corrected chi connectivity index (χ4v) is 1.20. The number of aliphatic hydroxyl groups excluding tert-OH is 2. The molecule has 0 aliphatic heterocycles. The molecular weight excluding hydrogens is 166 g/mol. The van der Waals surface area contributed by atoms with Crippen LogP contribution in [0, 0.1) is 0 Å². The van der Waals surface area contributed by atoms with Crippen molar-refractivity contribution in [3.8, 4) is 0 Å². The molecule has 3 nitrogen and oxygen atoms in total. The van der Waals surface area contributed by atoms with E-state index < -0.39 is 0 Å². The molecule has 3 heteroatoms. The first-order valence-corrected chi connectivity index (χ1v) is 5.34. The summed E-state index contributed by atoms with van der Waals surface area (Å²) in [6.07, 6.45) is 6.37. The SMILES string of the molecule is OCCCCCNCCCCCO. The van der Waals surface area contributed by atoms with Gasteiger partial charge in [-0.15, -0.1) is 0 Å². The molecule has 0 radical (unpaired) electrons. The lowest BCUT2D eigenvalue weighted by atomic mass is 10.2. The highest BCUT2D eigenvalue weighted by Crippen LogP contribution is 1.94. The lowest BCUT2D eigenvalue weighted by molar-refractivity contribution is 0.281. The van der Waals surface area contributed by atoms with Crippen molar-refractivity contribution >= 4 is 0 Å². The first-order valence-electron chi connectivity index (χ1n) is 5.34.